The molecule has 2 heterocycles. The Kier molecular flexibility index (Phi) is 3.08. The molecule has 1 aliphatic rings. The molecule has 0 aromatic carbocycles. The molecule has 0 radical (unpaired) electrons. The number of hydrogen-bond acceptors (Lipinski definition) is 3. The molecular formula is C12H16N2O2. The van der Waals surface area contributed by atoms with Gasteiger partial charge in [0.2, 0.25) is 0 Å². The van der Waals surface area contributed by atoms with Crippen LogP contribution >= 0.6 is 0 Å². The molecule has 0 bridgehead atoms. The number of fused-ring (bicyclic) bond motifs is 1. The van der Waals surface area contributed by atoms with Crippen molar-refractivity contribution in [2.24, 2.45) is 0 Å². The number of anilines is 1. The molecule has 0 aliphatic carbocycles. The number of pyridine rings is 1. The summed E-state index contributed by atoms with van der Waals surface area (Å²) in [6, 6.07) is 3.84. The van der Waals surface area contributed by atoms with E-state index in [1.54, 1.807) is 0 Å². The summed E-state index contributed by atoms with van der Waals surface area (Å²) in [7, 11) is 0. The van der Waals surface area contributed by atoms with Crippen LogP contribution in [-0.4, -0.2) is 22.6 Å². The molecule has 1 aliphatic heterocycles. The summed E-state index contributed by atoms with van der Waals surface area (Å²) in [5, 5.41) is 12.3. The Bertz CT molecular complexity index is 404. The first-order valence-electron chi connectivity index (χ1n) is 5.69. The number of aromatic nitrogens is 1. The van der Waals surface area contributed by atoms with Gasteiger partial charge >= 0.3 is 5.97 Å². The summed E-state index contributed by atoms with van der Waals surface area (Å²) in [6.45, 7) is 2.79. The molecule has 4 nitrogen and oxygen atoms in total. The monoisotopic (exact) mass is 220 g/mol. The van der Waals surface area contributed by atoms with Gasteiger partial charge in [-0.3, -0.25) is 4.79 Å². The van der Waals surface area contributed by atoms with Crippen LogP contribution in [0.4, 0.5) is 5.82 Å². The molecule has 86 valence electrons. The van der Waals surface area contributed by atoms with Gasteiger partial charge in [0.05, 0.1) is 11.6 Å². The third-order valence-corrected chi connectivity index (χ3v) is 2.98. The van der Waals surface area contributed by atoms with Crippen LogP contribution in [0.2, 0.25) is 0 Å². The molecule has 0 unspecified atom stereocenters. The average molecular weight is 220 g/mol. The van der Waals surface area contributed by atoms with Crippen LogP contribution in [0.15, 0.2) is 12.1 Å². The van der Waals surface area contributed by atoms with Crippen LogP contribution < -0.4 is 5.32 Å². The molecule has 0 saturated carbocycles. The van der Waals surface area contributed by atoms with Crippen molar-refractivity contribution in [2.75, 3.05) is 11.9 Å². The maximum absolute atomic E-state index is 11.0. The number of carbonyl (C=O) groups is 1. The number of rotatable bonds is 3. The van der Waals surface area contributed by atoms with Gasteiger partial charge in [-0.05, 0) is 30.9 Å². The first kappa shape index (κ1) is 10.9. The standard InChI is InChI=1S/C12H16N2O2/c1-2-9(12(15)16)10-6-5-8-4-3-7-13-11(8)14-10/h5-6,9H,2-4,7H2,1H3,(H,13,14)(H,15,16)/t9-/m0/s1. The summed E-state index contributed by atoms with van der Waals surface area (Å²) >= 11 is 0. The lowest BCUT2D eigenvalue weighted by molar-refractivity contribution is -0.138. The fraction of sp³-hybridized carbons (Fsp3) is 0.500. The van der Waals surface area contributed by atoms with Crippen LogP contribution in [0.3, 0.4) is 0 Å². The zero-order valence-electron chi connectivity index (χ0n) is 9.36. The quantitative estimate of drug-likeness (QED) is 0.818. The van der Waals surface area contributed by atoms with Gasteiger partial charge in [-0.1, -0.05) is 13.0 Å². The zero-order valence-corrected chi connectivity index (χ0v) is 9.36. The number of nitrogens with one attached hydrogen (secondary N) is 1. The minimum absolute atomic E-state index is 0.492. The second kappa shape index (κ2) is 4.51. The lowest BCUT2D eigenvalue weighted by atomic mass is 9.99. The second-order valence-electron chi connectivity index (χ2n) is 4.07. The molecule has 1 aromatic heterocycles. The smallest absolute Gasteiger partial charge is 0.312 e. The number of carboxylic acids is 1. The zero-order chi connectivity index (χ0) is 11.5. The number of nitrogens with zero attached hydrogens (tertiary/aromatic N) is 1. The predicted octanol–water partition coefficient (Wildman–Crippen LogP) is 2.02. The molecular weight excluding hydrogens is 204 g/mol. The minimum atomic E-state index is -0.800. The number of aliphatic carboxylic acids is 1. The second-order valence-corrected chi connectivity index (χ2v) is 4.07. The van der Waals surface area contributed by atoms with Crippen molar-refractivity contribution < 1.29 is 9.90 Å². The van der Waals surface area contributed by atoms with Gasteiger partial charge in [0, 0.05) is 6.54 Å². The van der Waals surface area contributed by atoms with Crippen molar-refractivity contribution in [1.29, 1.82) is 0 Å². The van der Waals surface area contributed by atoms with Crippen LogP contribution in [-0.2, 0) is 11.2 Å². The molecule has 0 amide bonds. The Balaban J connectivity index is 2.32. The topological polar surface area (TPSA) is 62.2 Å². The van der Waals surface area contributed by atoms with E-state index < -0.39 is 11.9 Å². The maximum Gasteiger partial charge on any atom is 0.312 e. The summed E-state index contributed by atoms with van der Waals surface area (Å²) in [5.41, 5.74) is 1.85. The Morgan fingerprint density at radius 3 is 3.12 bits per heavy atom. The summed E-state index contributed by atoms with van der Waals surface area (Å²) in [5.74, 6) is -0.428. The highest BCUT2D eigenvalue weighted by Gasteiger charge is 2.20. The van der Waals surface area contributed by atoms with Gasteiger partial charge in [0.1, 0.15) is 5.82 Å². The Morgan fingerprint density at radius 1 is 1.62 bits per heavy atom. The van der Waals surface area contributed by atoms with Gasteiger partial charge in [-0.25, -0.2) is 4.98 Å². The van der Waals surface area contributed by atoms with E-state index in [0.717, 1.165) is 25.2 Å². The van der Waals surface area contributed by atoms with Crippen molar-refractivity contribution in [1.82, 2.24) is 4.98 Å². The van der Waals surface area contributed by atoms with Crippen molar-refractivity contribution in [3.63, 3.8) is 0 Å². The van der Waals surface area contributed by atoms with Crippen molar-refractivity contribution in [2.45, 2.75) is 32.1 Å². The Labute approximate surface area is 94.7 Å². The fourth-order valence-corrected chi connectivity index (χ4v) is 2.05. The van der Waals surface area contributed by atoms with E-state index in [4.69, 9.17) is 5.11 Å². The largest absolute Gasteiger partial charge is 0.481 e. The Morgan fingerprint density at radius 2 is 2.44 bits per heavy atom. The highest BCUT2D eigenvalue weighted by Crippen LogP contribution is 2.24. The molecule has 0 fully saturated rings. The lowest BCUT2D eigenvalue weighted by Crippen LogP contribution is -2.17. The number of hydrogen-bond donors (Lipinski definition) is 2. The molecule has 4 heteroatoms. The number of aryl methyl sites for hydroxylation is 1. The van der Waals surface area contributed by atoms with E-state index >= 15 is 0 Å². The first-order chi connectivity index (χ1) is 7.72. The Hall–Kier alpha value is -1.58. The van der Waals surface area contributed by atoms with E-state index in [-0.39, 0.29) is 0 Å². The summed E-state index contributed by atoms with van der Waals surface area (Å²) in [4.78, 5) is 15.5. The van der Waals surface area contributed by atoms with Gasteiger partial charge in [-0.15, -0.1) is 0 Å². The third-order valence-electron chi connectivity index (χ3n) is 2.98. The molecule has 2 N–H and O–H groups in total. The molecule has 0 saturated heterocycles. The number of carboxylic acid groups (broad SMARTS) is 1. The van der Waals surface area contributed by atoms with Crippen molar-refractivity contribution >= 4 is 11.8 Å². The van der Waals surface area contributed by atoms with E-state index in [9.17, 15) is 4.79 Å². The average Bonchev–Trinajstić information content (AvgIpc) is 2.29. The fourth-order valence-electron chi connectivity index (χ4n) is 2.05. The van der Waals surface area contributed by atoms with Crippen LogP contribution in [0.5, 0.6) is 0 Å². The van der Waals surface area contributed by atoms with Crippen molar-refractivity contribution in [3.05, 3.63) is 23.4 Å². The van der Waals surface area contributed by atoms with E-state index in [1.807, 2.05) is 19.1 Å². The molecule has 1 atom stereocenters. The minimum Gasteiger partial charge on any atom is -0.481 e. The van der Waals surface area contributed by atoms with Crippen LogP contribution in [0, 0.1) is 0 Å². The van der Waals surface area contributed by atoms with E-state index in [1.165, 1.54) is 5.56 Å². The highest BCUT2D eigenvalue weighted by molar-refractivity contribution is 5.75. The van der Waals surface area contributed by atoms with Gasteiger partial charge < -0.3 is 10.4 Å². The van der Waals surface area contributed by atoms with Crippen molar-refractivity contribution in [3.8, 4) is 0 Å². The molecule has 2 rings (SSSR count). The summed E-state index contributed by atoms with van der Waals surface area (Å²) in [6.07, 6.45) is 2.71. The summed E-state index contributed by atoms with van der Waals surface area (Å²) < 4.78 is 0. The SMILES string of the molecule is CC[C@H](C(=O)O)c1ccc2c(n1)NCCC2. The molecule has 0 spiro atoms. The lowest BCUT2D eigenvalue weighted by Gasteiger charge is -2.19. The van der Waals surface area contributed by atoms with Crippen LogP contribution in [0.25, 0.3) is 0 Å². The van der Waals surface area contributed by atoms with Gasteiger partial charge in [0.25, 0.3) is 0 Å². The van der Waals surface area contributed by atoms with Gasteiger partial charge in [-0.2, -0.15) is 0 Å². The maximum atomic E-state index is 11.0. The highest BCUT2D eigenvalue weighted by atomic mass is 16.4. The van der Waals surface area contributed by atoms with E-state index in [0.29, 0.717) is 12.1 Å². The molecule has 16 heavy (non-hydrogen) atoms. The van der Waals surface area contributed by atoms with Gasteiger partial charge in [0.15, 0.2) is 0 Å². The third kappa shape index (κ3) is 2.01. The first-order valence-corrected chi connectivity index (χ1v) is 5.69. The normalized spacial score (nSPS) is 16.1. The van der Waals surface area contributed by atoms with E-state index in [2.05, 4.69) is 10.3 Å². The predicted molar refractivity (Wildman–Crippen MR) is 61.7 cm³/mol. The van der Waals surface area contributed by atoms with Crippen LogP contribution in [0.1, 0.15) is 36.9 Å². The molecule has 1 aromatic rings.